The summed E-state index contributed by atoms with van der Waals surface area (Å²) < 4.78 is 0. The molecule has 2 fully saturated rings. The summed E-state index contributed by atoms with van der Waals surface area (Å²) in [6, 6.07) is 0.168. The van der Waals surface area contributed by atoms with Crippen molar-refractivity contribution in [2.45, 2.75) is 51.5 Å². The highest BCUT2D eigenvalue weighted by Crippen LogP contribution is 2.29. The number of likely N-dealkylation sites (tertiary alicyclic amines) is 1. The van der Waals surface area contributed by atoms with Gasteiger partial charge < -0.3 is 15.3 Å². The van der Waals surface area contributed by atoms with Crippen molar-refractivity contribution in [3.05, 3.63) is 0 Å². The molecule has 5 heteroatoms. The molecule has 0 aromatic carbocycles. The lowest BCUT2D eigenvalue weighted by atomic mass is 9.96. The number of aliphatic carboxylic acids is 1. The van der Waals surface area contributed by atoms with Crippen molar-refractivity contribution in [3.63, 3.8) is 0 Å². The molecule has 5 nitrogen and oxygen atoms in total. The minimum absolute atomic E-state index is 0.0810. The summed E-state index contributed by atoms with van der Waals surface area (Å²) in [6.45, 7) is 3.01. The molecule has 2 amide bonds. The van der Waals surface area contributed by atoms with Crippen LogP contribution in [0.5, 0.6) is 0 Å². The molecule has 2 unspecified atom stereocenters. The number of urea groups is 1. The minimum atomic E-state index is -0.793. The number of hydrogen-bond donors (Lipinski definition) is 2. The smallest absolute Gasteiger partial charge is 0.317 e. The number of rotatable bonds is 4. The molecule has 1 saturated heterocycles. The van der Waals surface area contributed by atoms with E-state index >= 15 is 0 Å². The average Bonchev–Trinajstić information content (AvgIpc) is 3.05. The Labute approximate surface area is 114 Å². The highest BCUT2D eigenvalue weighted by Gasteiger charge is 2.32. The molecule has 19 heavy (non-hydrogen) atoms. The summed E-state index contributed by atoms with van der Waals surface area (Å²) in [7, 11) is 0. The van der Waals surface area contributed by atoms with Gasteiger partial charge in [0, 0.05) is 19.1 Å². The van der Waals surface area contributed by atoms with Crippen LogP contribution in [0, 0.1) is 11.8 Å². The van der Waals surface area contributed by atoms with Crippen LogP contribution in [0.4, 0.5) is 4.79 Å². The lowest BCUT2D eigenvalue weighted by Gasteiger charge is -2.26. The molecule has 0 aromatic heterocycles. The molecule has 2 N–H and O–H groups in total. The fourth-order valence-corrected chi connectivity index (χ4v) is 3.31. The third-order valence-corrected chi connectivity index (χ3v) is 4.54. The summed E-state index contributed by atoms with van der Waals surface area (Å²) in [4.78, 5) is 24.7. The van der Waals surface area contributed by atoms with Crippen LogP contribution >= 0.6 is 0 Å². The number of amides is 2. The zero-order chi connectivity index (χ0) is 13.8. The molecular weight excluding hydrogens is 244 g/mol. The Morgan fingerprint density at radius 3 is 2.53 bits per heavy atom. The lowest BCUT2D eigenvalue weighted by Crippen LogP contribution is -2.46. The number of hydrogen-bond acceptors (Lipinski definition) is 2. The van der Waals surface area contributed by atoms with Crippen molar-refractivity contribution < 1.29 is 14.7 Å². The van der Waals surface area contributed by atoms with E-state index in [4.69, 9.17) is 5.11 Å². The molecule has 1 aliphatic heterocycles. The Hall–Kier alpha value is -1.26. The lowest BCUT2D eigenvalue weighted by molar-refractivity contribution is -0.141. The Morgan fingerprint density at radius 2 is 2.00 bits per heavy atom. The molecule has 0 spiro atoms. The van der Waals surface area contributed by atoms with Gasteiger partial charge in [0.2, 0.25) is 0 Å². The van der Waals surface area contributed by atoms with Crippen molar-refractivity contribution >= 4 is 12.0 Å². The van der Waals surface area contributed by atoms with Crippen LogP contribution in [0.25, 0.3) is 0 Å². The van der Waals surface area contributed by atoms with Gasteiger partial charge in [0.1, 0.15) is 0 Å². The van der Waals surface area contributed by atoms with Crippen LogP contribution in [0.1, 0.15) is 45.4 Å². The zero-order valence-electron chi connectivity index (χ0n) is 11.6. The highest BCUT2D eigenvalue weighted by molar-refractivity contribution is 5.77. The van der Waals surface area contributed by atoms with E-state index in [0.717, 1.165) is 6.42 Å². The minimum Gasteiger partial charge on any atom is -0.481 e. The van der Waals surface area contributed by atoms with E-state index < -0.39 is 11.9 Å². The van der Waals surface area contributed by atoms with E-state index in [0.29, 0.717) is 25.4 Å². The fourth-order valence-electron chi connectivity index (χ4n) is 3.31. The maximum atomic E-state index is 12.2. The molecule has 2 atom stereocenters. The van der Waals surface area contributed by atoms with Crippen LogP contribution in [0.2, 0.25) is 0 Å². The SMILES string of the molecule is CCC(NC(=O)N1CCC(C(=O)O)C1)C1CCCC1. The first-order valence-corrected chi connectivity index (χ1v) is 7.40. The Balaban J connectivity index is 1.84. The predicted octanol–water partition coefficient (Wildman–Crippen LogP) is 2.07. The zero-order valence-corrected chi connectivity index (χ0v) is 11.6. The molecule has 1 aliphatic carbocycles. The largest absolute Gasteiger partial charge is 0.481 e. The van der Waals surface area contributed by atoms with Crippen LogP contribution in [-0.4, -0.2) is 41.1 Å². The van der Waals surface area contributed by atoms with Gasteiger partial charge in [-0.15, -0.1) is 0 Å². The summed E-state index contributed by atoms with van der Waals surface area (Å²) in [5.74, 6) is -0.581. The molecule has 2 aliphatic rings. The number of nitrogens with zero attached hydrogens (tertiary/aromatic N) is 1. The normalized spacial score (nSPS) is 25.5. The number of carboxylic acids is 1. The van der Waals surface area contributed by atoms with Gasteiger partial charge in [0.05, 0.1) is 5.92 Å². The molecule has 0 bridgehead atoms. The first-order valence-electron chi connectivity index (χ1n) is 7.40. The fraction of sp³-hybridized carbons (Fsp3) is 0.857. The van der Waals surface area contributed by atoms with Gasteiger partial charge in [-0.1, -0.05) is 19.8 Å². The van der Waals surface area contributed by atoms with Gasteiger partial charge in [-0.05, 0) is 31.6 Å². The van der Waals surface area contributed by atoms with E-state index in [9.17, 15) is 9.59 Å². The third-order valence-electron chi connectivity index (χ3n) is 4.54. The van der Waals surface area contributed by atoms with Gasteiger partial charge in [0.15, 0.2) is 0 Å². The molecule has 0 aromatic rings. The third kappa shape index (κ3) is 3.39. The topological polar surface area (TPSA) is 69.6 Å². The van der Waals surface area contributed by atoms with Crippen LogP contribution in [0.3, 0.4) is 0 Å². The quantitative estimate of drug-likeness (QED) is 0.820. The molecule has 1 heterocycles. The maximum absolute atomic E-state index is 12.2. The second-order valence-electron chi connectivity index (χ2n) is 5.78. The molecule has 108 valence electrons. The predicted molar refractivity (Wildman–Crippen MR) is 71.9 cm³/mol. The average molecular weight is 268 g/mol. The van der Waals surface area contributed by atoms with Crippen LogP contribution in [0.15, 0.2) is 0 Å². The molecule has 0 radical (unpaired) electrons. The van der Waals surface area contributed by atoms with E-state index in [1.807, 2.05) is 0 Å². The molecule has 1 saturated carbocycles. The van der Waals surface area contributed by atoms with Gasteiger partial charge in [-0.2, -0.15) is 0 Å². The Bertz CT molecular complexity index is 340. The van der Waals surface area contributed by atoms with E-state index in [2.05, 4.69) is 12.2 Å². The highest BCUT2D eigenvalue weighted by atomic mass is 16.4. The van der Waals surface area contributed by atoms with Gasteiger partial charge in [-0.25, -0.2) is 4.79 Å². The van der Waals surface area contributed by atoms with Crippen LogP contribution < -0.4 is 5.32 Å². The second kappa shape index (κ2) is 6.26. The standard InChI is InChI=1S/C14H24N2O3/c1-2-12(10-5-3-4-6-10)15-14(19)16-8-7-11(9-16)13(17)18/h10-12H,2-9H2,1H3,(H,15,19)(H,17,18). The number of carbonyl (C=O) groups is 2. The first kappa shape index (κ1) is 14.2. The monoisotopic (exact) mass is 268 g/mol. The Morgan fingerprint density at radius 1 is 1.32 bits per heavy atom. The van der Waals surface area contributed by atoms with Crippen molar-refractivity contribution in [2.24, 2.45) is 11.8 Å². The number of carboxylic acid groups (broad SMARTS) is 1. The van der Waals surface area contributed by atoms with Gasteiger partial charge >= 0.3 is 12.0 Å². The van der Waals surface area contributed by atoms with Gasteiger partial charge in [-0.3, -0.25) is 4.79 Å². The maximum Gasteiger partial charge on any atom is 0.317 e. The number of nitrogens with one attached hydrogen (secondary N) is 1. The first-order chi connectivity index (χ1) is 9.11. The Kier molecular flexibility index (Phi) is 4.66. The number of carbonyl (C=O) groups excluding carboxylic acids is 1. The molecular formula is C14H24N2O3. The summed E-state index contributed by atoms with van der Waals surface area (Å²) >= 11 is 0. The summed E-state index contributed by atoms with van der Waals surface area (Å²) in [5.41, 5.74) is 0. The van der Waals surface area contributed by atoms with Crippen molar-refractivity contribution in [1.29, 1.82) is 0 Å². The van der Waals surface area contributed by atoms with E-state index in [1.165, 1.54) is 25.7 Å². The van der Waals surface area contributed by atoms with Crippen molar-refractivity contribution in [1.82, 2.24) is 10.2 Å². The second-order valence-corrected chi connectivity index (χ2v) is 5.78. The van der Waals surface area contributed by atoms with Crippen molar-refractivity contribution in [3.8, 4) is 0 Å². The molecule has 2 rings (SSSR count). The van der Waals surface area contributed by atoms with Crippen molar-refractivity contribution in [2.75, 3.05) is 13.1 Å². The van der Waals surface area contributed by atoms with E-state index in [1.54, 1.807) is 4.90 Å². The summed E-state index contributed by atoms with van der Waals surface area (Å²) in [6.07, 6.45) is 6.46. The van der Waals surface area contributed by atoms with Gasteiger partial charge in [0.25, 0.3) is 0 Å². The van der Waals surface area contributed by atoms with Crippen LogP contribution in [-0.2, 0) is 4.79 Å². The van der Waals surface area contributed by atoms with E-state index in [-0.39, 0.29) is 12.1 Å². The summed E-state index contributed by atoms with van der Waals surface area (Å²) in [5, 5.41) is 12.1.